The van der Waals surface area contributed by atoms with Crippen molar-refractivity contribution in [1.29, 1.82) is 0 Å². The Morgan fingerprint density at radius 1 is 0.393 bits per heavy atom. The molecule has 0 fully saturated rings. The normalized spacial score (nSPS) is 11.9. The standard InChI is InChI=1S/C51H30N4O/c1-2-13-31(14-3-1)38-27-25-32-15-7-9-20-37(32)47(38)50-52-49(41-23-12-22-39-42-29-34-17-4-5-18-35(34)30-45(42)56-48(39)41)53-51(54-50)55-43-24-11-10-21-40(43)46-36-19-8-6-16-33(36)26-28-44(46)55/h1-30H. The van der Waals surface area contributed by atoms with Gasteiger partial charge in [0.1, 0.15) is 11.2 Å². The first-order valence-corrected chi connectivity index (χ1v) is 18.9. The maximum absolute atomic E-state index is 6.77. The van der Waals surface area contributed by atoms with Gasteiger partial charge in [0, 0.05) is 27.1 Å². The van der Waals surface area contributed by atoms with Crippen molar-refractivity contribution < 1.29 is 4.42 Å². The molecule has 0 unspecified atom stereocenters. The van der Waals surface area contributed by atoms with E-state index in [4.69, 9.17) is 19.4 Å². The molecule has 0 atom stereocenters. The van der Waals surface area contributed by atoms with Gasteiger partial charge in [-0.05, 0) is 73.8 Å². The Balaban J connectivity index is 1.21. The van der Waals surface area contributed by atoms with Crippen LogP contribution in [0.4, 0.5) is 0 Å². The summed E-state index contributed by atoms with van der Waals surface area (Å²) in [5, 5.41) is 11.2. The Hall–Kier alpha value is -7.63. The summed E-state index contributed by atoms with van der Waals surface area (Å²) >= 11 is 0. The van der Waals surface area contributed by atoms with Gasteiger partial charge in [0.15, 0.2) is 11.6 Å². The molecule has 0 saturated carbocycles. The quantitative estimate of drug-likeness (QED) is 0.182. The van der Waals surface area contributed by atoms with Crippen LogP contribution >= 0.6 is 0 Å². The van der Waals surface area contributed by atoms with E-state index in [2.05, 4.69) is 180 Å². The molecule has 0 N–H and O–H groups in total. The Labute approximate surface area is 320 Å². The molecule has 0 aliphatic rings. The molecule has 260 valence electrons. The lowest BCUT2D eigenvalue weighted by molar-refractivity contribution is 0.670. The van der Waals surface area contributed by atoms with Crippen LogP contribution < -0.4 is 0 Å². The summed E-state index contributed by atoms with van der Waals surface area (Å²) in [6.45, 7) is 0. The number of fused-ring (bicyclic) bond motifs is 10. The summed E-state index contributed by atoms with van der Waals surface area (Å²) in [6, 6.07) is 63.8. The van der Waals surface area contributed by atoms with Crippen molar-refractivity contribution in [1.82, 2.24) is 19.5 Å². The topological polar surface area (TPSA) is 56.7 Å². The number of furan rings is 1. The fraction of sp³-hybridized carbons (Fsp3) is 0. The molecule has 12 aromatic rings. The van der Waals surface area contributed by atoms with E-state index in [1.54, 1.807) is 0 Å². The van der Waals surface area contributed by atoms with Crippen LogP contribution in [0.15, 0.2) is 186 Å². The molecule has 0 amide bonds. The Morgan fingerprint density at radius 3 is 1.88 bits per heavy atom. The fourth-order valence-electron chi connectivity index (χ4n) is 8.68. The lowest BCUT2D eigenvalue weighted by atomic mass is 9.93. The van der Waals surface area contributed by atoms with E-state index in [9.17, 15) is 0 Å². The van der Waals surface area contributed by atoms with E-state index in [1.165, 1.54) is 21.5 Å². The lowest BCUT2D eigenvalue weighted by Gasteiger charge is -2.15. The van der Waals surface area contributed by atoms with Gasteiger partial charge in [0.05, 0.1) is 16.6 Å². The van der Waals surface area contributed by atoms with Crippen molar-refractivity contribution in [3.8, 4) is 39.9 Å². The van der Waals surface area contributed by atoms with Crippen molar-refractivity contribution >= 4 is 76.1 Å². The van der Waals surface area contributed by atoms with E-state index in [1.807, 2.05) is 6.07 Å². The van der Waals surface area contributed by atoms with Crippen LogP contribution in [0.3, 0.4) is 0 Å². The number of para-hydroxylation sites is 2. The summed E-state index contributed by atoms with van der Waals surface area (Å²) in [5.41, 5.74) is 7.53. The maximum atomic E-state index is 6.77. The molecule has 5 heteroatoms. The van der Waals surface area contributed by atoms with Crippen LogP contribution in [0.2, 0.25) is 0 Å². The van der Waals surface area contributed by atoms with Gasteiger partial charge in [-0.3, -0.25) is 4.57 Å². The second-order valence-corrected chi connectivity index (χ2v) is 14.4. The Morgan fingerprint density at radius 2 is 1.04 bits per heavy atom. The molecule has 0 saturated heterocycles. The number of rotatable bonds is 4. The number of hydrogen-bond acceptors (Lipinski definition) is 4. The van der Waals surface area contributed by atoms with Gasteiger partial charge in [0.2, 0.25) is 5.95 Å². The van der Waals surface area contributed by atoms with E-state index in [0.717, 1.165) is 76.8 Å². The largest absolute Gasteiger partial charge is 0.455 e. The molecular weight excluding hydrogens is 685 g/mol. The number of benzene rings is 9. The summed E-state index contributed by atoms with van der Waals surface area (Å²) < 4.78 is 8.97. The summed E-state index contributed by atoms with van der Waals surface area (Å²) in [5.74, 6) is 1.67. The van der Waals surface area contributed by atoms with E-state index in [0.29, 0.717) is 17.6 Å². The maximum Gasteiger partial charge on any atom is 0.238 e. The number of nitrogens with zero attached hydrogens (tertiary/aromatic N) is 4. The first-order valence-electron chi connectivity index (χ1n) is 18.9. The van der Waals surface area contributed by atoms with Crippen molar-refractivity contribution in [2.75, 3.05) is 0 Å². The predicted molar refractivity (Wildman–Crippen MR) is 230 cm³/mol. The van der Waals surface area contributed by atoms with Crippen LogP contribution in [0, 0.1) is 0 Å². The highest BCUT2D eigenvalue weighted by atomic mass is 16.3. The predicted octanol–water partition coefficient (Wildman–Crippen LogP) is 13.3. The van der Waals surface area contributed by atoms with Crippen LogP contribution in [0.1, 0.15) is 0 Å². The van der Waals surface area contributed by atoms with Crippen LogP contribution in [-0.4, -0.2) is 19.5 Å². The van der Waals surface area contributed by atoms with E-state index >= 15 is 0 Å². The van der Waals surface area contributed by atoms with Crippen molar-refractivity contribution in [2.24, 2.45) is 0 Å². The second kappa shape index (κ2) is 11.9. The van der Waals surface area contributed by atoms with Gasteiger partial charge >= 0.3 is 0 Å². The SMILES string of the molecule is c1ccc(-c2ccc3ccccc3c2-c2nc(-c3cccc4c3oc3cc5ccccc5cc34)nc(-n3c4ccccc4c4c5ccccc5ccc43)n2)cc1. The molecule has 3 aromatic heterocycles. The molecule has 56 heavy (non-hydrogen) atoms. The summed E-state index contributed by atoms with van der Waals surface area (Å²) in [4.78, 5) is 16.3. The van der Waals surface area contributed by atoms with E-state index in [-0.39, 0.29) is 0 Å². The molecule has 0 radical (unpaired) electrons. The Kier molecular flexibility index (Phi) is 6.56. The molecular formula is C51H30N4O. The molecule has 0 aliphatic heterocycles. The smallest absolute Gasteiger partial charge is 0.238 e. The highest BCUT2D eigenvalue weighted by molar-refractivity contribution is 6.21. The van der Waals surface area contributed by atoms with Gasteiger partial charge in [0.25, 0.3) is 0 Å². The Bertz CT molecular complexity index is 3540. The van der Waals surface area contributed by atoms with Crippen molar-refractivity contribution in [2.45, 2.75) is 0 Å². The zero-order valence-corrected chi connectivity index (χ0v) is 30.0. The highest BCUT2D eigenvalue weighted by Gasteiger charge is 2.23. The average Bonchev–Trinajstić information content (AvgIpc) is 3.81. The number of hydrogen-bond donors (Lipinski definition) is 0. The van der Waals surface area contributed by atoms with Crippen molar-refractivity contribution in [3.05, 3.63) is 182 Å². The van der Waals surface area contributed by atoms with Crippen LogP contribution in [-0.2, 0) is 0 Å². The molecule has 0 bridgehead atoms. The van der Waals surface area contributed by atoms with Gasteiger partial charge < -0.3 is 4.42 Å². The minimum absolute atomic E-state index is 0.539. The summed E-state index contributed by atoms with van der Waals surface area (Å²) in [7, 11) is 0. The third-order valence-corrected chi connectivity index (χ3v) is 11.2. The first-order chi connectivity index (χ1) is 27.8. The number of aromatic nitrogens is 4. The molecule has 0 aliphatic carbocycles. The lowest BCUT2D eigenvalue weighted by Crippen LogP contribution is -2.07. The monoisotopic (exact) mass is 714 g/mol. The fourth-order valence-corrected chi connectivity index (χ4v) is 8.68. The van der Waals surface area contributed by atoms with Crippen molar-refractivity contribution in [3.63, 3.8) is 0 Å². The molecule has 9 aromatic carbocycles. The highest BCUT2D eigenvalue weighted by Crippen LogP contribution is 2.42. The minimum atomic E-state index is 0.539. The zero-order chi connectivity index (χ0) is 36.7. The van der Waals surface area contributed by atoms with Crippen LogP contribution in [0.5, 0.6) is 0 Å². The summed E-state index contributed by atoms with van der Waals surface area (Å²) in [6.07, 6.45) is 0. The average molecular weight is 715 g/mol. The zero-order valence-electron chi connectivity index (χ0n) is 30.0. The molecule has 0 spiro atoms. The first kappa shape index (κ1) is 30.8. The van der Waals surface area contributed by atoms with Gasteiger partial charge in [-0.1, -0.05) is 152 Å². The van der Waals surface area contributed by atoms with E-state index < -0.39 is 0 Å². The van der Waals surface area contributed by atoms with Gasteiger partial charge in [-0.25, -0.2) is 4.98 Å². The van der Waals surface area contributed by atoms with Gasteiger partial charge in [-0.2, -0.15) is 9.97 Å². The molecule has 12 rings (SSSR count). The van der Waals surface area contributed by atoms with Gasteiger partial charge in [-0.15, -0.1) is 0 Å². The third kappa shape index (κ3) is 4.58. The molecule has 5 nitrogen and oxygen atoms in total. The second-order valence-electron chi connectivity index (χ2n) is 14.4. The minimum Gasteiger partial charge on any atom is -0.455 e. The van der Waals surface area contributed by atoms with Crippen LogP contribution in [0.25, 0.3) is 116 Å². The molecule has 3 heterocycles. The third-order valence-electron chi connectivity index (χ3n) is 11.2.